The van der Waals surface area contributed by atoms with E-state index < -0.39 is 11.6 Å². The fraction of sp³-hybridized carbons (Fsp3) is 0. The van der Waals surface area contributed by atoms with Gasteiger partial charge in [0.25, 0.3) is 0 Å². The van der Waals surface area contributed by atoms with Gasteiger partial charge in [-0.1, -0.05) is 24.3 Å². The van der Waals surface area contributed by atoms with E-state index in [1.807, 2.05) is 0 Å². The number of nitrogens with zero attached hydrogens (tertiary/aromatic N) is 1. The molecule has 1 heterocycles. The number of halogens is 2. The van der Waals surface area contributed by atoms with Crippen molar-refractivity contribution in [2.45, 2.75) is 0 Å². The first-order valence-electron chi connectivity index (χ1n) is 5.99. The molecular formula is C16H9F2NO. The van der Waals surface area contributed by atoms with Gasteiger partial charge in [0.15, 0.2) is 5.78 Å². The minimum absolute atomic E-state index is 0.141. The van der Waals surface area contributed by atoms with E-state index in [2.05, 4.69) is 4.98 Å². The van der Waals surface area contributed by atoms with Crippen LogP contribution in [0.5, 0.6) is 0 Å². The van der Waals surface area contributed by atoms with Crippen LogP contribution in [0, 0.1) is 11.6 Å². The zero-order chi connectivity index (χ0) is 14.1. The lowest BCUT2D eigenvalue weighted by Crippen LogP contribution is -2.04. The Hall–Kier alpha value is -2.62. The minimum atomic E-state index is -0.581. The summed E-state index contributed by atoms with van der Waals surface area (Å²) in [5.74, 6) is -1.36. The Labute approximate surface area is 113 Å². The minimum Gasteiger partial charge on any atom is -0.289 e. The molecule has 0 fully saturated rings. The summed E-state index contributed by atoms with van der Waals surface area (Å²) >= 11 is 0. The van der Waals surface area contributed by atoms with Crippen LogP contribution in [0.4, 0.5) is 8.78 Å². The molecular weight excluding hydrogens is 260 g/mol. The summed E-state index contributed by atoms with van der Waals surface area (Å²) in [5, 5.41) is 0.865. The third-order valence-electron chi connectivity index (χ3n) is 3.08. The zero-order valence-electron chi connectivity index (χ0n) is 10.3. The number of carbonyl (C=O) groups excluding carboxylic acids is 1. The van der Waals surface area contributed by atoms with Gasteiger partial charge in [0.05, 0.1) is 6.20 Å². The van der Waals surface area contributed by atoms with Gasteiger partial charge in [-0.3, -0.25) is 9.78 Å². The summed E-state index contributed by atoms with van der Waals surface area (Å²) in [4.78, 5) is 16.1. The molecule has 3 rings (SSSR count). The monoisotopic (exact) mass is 269 g/mol. The van der Waals surface area contributed by atoms with Gasteiger partial charge in [-0.25, -0.2) is 8.78 Å². The summed E-state index contributed by atoms with van der Waals surface area (Å²) in [6.45, 7) is 0. The molecule has 0 aliphatic heterocycles. The van der Waals surface area contributed by atoms with E-state index in [4.69, 9.17) is 0 Å². The van der Waals surface area contributed by atoms with Crippen LogP contribution in [0.15, 0.2) is 54.9 Å². The first kappa shape index (κ1) is 12.4. The van der Waals surface area contributed by atoms with Crippen molar-refractivity contribution in [3.63, 3.8) is 0 Å². The Kier molecular flexibility index (Phi) is 2.99. The van der Waals surface area contributed by atoms with E-state index in [0.29, 0.717) is 16.3 Å². The number of carbonyl (C=O) groups is 1. The maximum absolute atomic E-state index is 13.7. The topological polar surface area (TPSA) is 30.0 Å². The first-order chi connectivity index (χ1) is 9.66. The molecule has 2 aromatic carbocycles. The van der Waals surface area contributed by atoms with Crippen molar-refractivity contribution in [3.8, 4) is 0 Å². The van der Waals surface area contributed by atoms with E-state index in [0.717, 1.165) is 12.3 Å². The number of ketones is 1. The number of benzene rings is 2. The molecule has 0 bridgehead atoms. The van der Waals surface area contributed by atoms with Crippen LogP contribution >= 0.6 is 0 Å². The van der Waals surface area contributed by atoms with Crippen LogP contribution < -0.4 is 0 Å². The van der Waals surface area contributed by atoms with Crippen molar-refractivity contribution >= 4 is 16.6 Å². The Morgan fingerprint density at radius 2 is 1.70 bits per heavy atom. The predicted octanol–water partition coefficient (Wildman–Crippen LogP) is 3.74. The molecule has 1 aromatic heterocycles. The molecule has 98 valence electrons. The van der Waals surface area contributed by atoms with Crippen molar-refractivity contribution in [1.29, 1.82) is 0 Å². The molecule has 20 heavy (non-hydrogen) atoms. The Morgan fingerprint density at radius 3 is 2.45 bits per heavy atom. The molecule has 0 aliphatic rings. The standard InChI is InChI=1S/C16H9F2NO/c17-11-7-10(8-19-9-11)16(20)14-5-6-15(18)13-4-2-1-3-12(13)14/h1-9H. The average molecular weight is 269 g/mol. The highest BCUT2D eigenvalue weighted by molar-refractivity contribution is 6.16. The lowest BCUT2D eigenvalue weighted by atomic mass is 9.98. The number of hydrogen-bond donors (Lipinski definition) is 0. The van der Waals surface area contributed by atoms with Gasteiger partial charge in [0.2, 0.25) is 0 Å². The van der Waals surface area contributed by atoms with Gasteiger partial charge in [-0.2, -0.15) is 0 Å². The van der Waals surface area contributed by atoms with Crippen LogP contribution in [0.1, 0.15) is 15.9 Å². The number of fused-ring (bicyclic) bond motifs is 1. The second-order valence-corrected chi connectivity index (χ2v) is 4.36. The van der Waals surface area contributed by atoms with Crippen LogP contribution in [0.3, 0.4) is 0 Å². The van der Waals surface area contributed by atoms with Gasteiger partial charge in [0.1, 0.15) is 11.6 Å². The van der Waals surface area contributed by atoms with Gasteiger partial charge in [0, 0.05) is 22.7 Å². The number of pyridine rings is 1. The van der Waals surface area contributed by atoms with E-state index >= 15 is 0 Å². The van der Waals surface area contributed by atoms with Crippen LogP contribution in [0.25, 0.3) is 10.8 Å². The average Bonchev–Trinajstić information content (AvgIpc) is 2.47. The van der Waals surface area contributed by atoms with Crippen LogP contribution in [-0.4, -0.2) is 10.8 Å². The fourth-order valence-electron chi connectivity index (χ4n) is 2.15. The number of aromatic nitrogens is 1. The van der Waals surface area contributed by atoms with Crippen molar-refractivity contribution in [1.82, 2.24) is 4.98 Å². The van der Waals surface area contributed by atoms with Gasteiger partial charge < -0.3 is 0 Å². The Balaban J connectivity index is 2.20. The van der Waals surface area contributed by atoms with E-state index in [1.165, 1.54) is 18.3 Å². The Morgan fingerprint density at radius 1 is 0.950 bits per heavy atom. The van der Waals surface area contributed by atoms with Crippen LogP contribution in [-0.2, 0) is 0 Å². The fourth-order valence-corrected chi connectivity index (χ4v) is 2.15. The Bertz CT molecular complexity index is 814. The highest BCUT2D eigenvalue weighted by atomic mass is 19.1. The van der Waals surface area contributed by atoms with E-state index in [-0.39, 0.29) is 11.3 Å². The number of rotatable bonds is 2. The van der Waals surface area contributed by atoms with E-state index in [9.17, 15) is 13.6 Å². The van der Waals surface area contributed by atoms with Gasteiger partial charge in [-0.15, -0.1) is 0 Å². The normalized spacial score (nSPS) is 10.7. The first-order valence-corrected chi connectivity index (χ1v) is 5.99. The summed E-state index contributed by atoms with van der Waals surface area (Å²) in [6, 6.07) is 10.5. The van der Waals surface area contributed by atoms with Crippen molar-refractivity contribution in [2.24, 2.45) is 0 Å². The molecule has 4 heteroatoms. The third kappa shape index (κ3) is 2.05. The second kappa shape index (κ2) is 4.81. The highest BCUT2D eigenvalue weighted by Gasteiger charge is 2.15. The number of hydrogen-bond acceptors (Lipinski definition) is 2. The molecule has 3 aromatic rings. The highest BCUT2D eigenvalue weighted by Crippen LogP contribution is 2.24. The molecule has 0 saturated heterocycles. The largest absolute Gasteiger partial charge is 0.289 e. The molecule has 0 radical (unpaired) electrons. The molecule has 0 saturated carbocycles. The van der Waals surface area contributed by atoms with Crippen molar-refractivity contribution < 1.29 is 13.6 Å². The molecule has 0 unspecified atom stereocenters. The van der Waals surface area contributed by atoms with Crippen molar-refractivity contribution in [2.75, 3.05) is 0 Å². The zero-order valence-corrected chi connectivity index (χ0v) is 10.3. The summed E-state index contributed by atoms with van der Waals surface area (Å²) < 4.78 is 26.9. The van der Waals surface area contributed by atoms with E-state index in [1.54, 1.807) is 24.3 Å². The lowest BCUT2D eigenvalue weighted by Gasteiger charge is -2.06. The van der Waals surface area contributed by atoms with Gasteiger partial charge in [-0.05, 0) is 23.6 Å². The predicted molar refractivity (Wildman–Crippen MR) is 71.5 cm³/mol. The summed E-state index contributed by atoms with van der Waals surface area (Å²) in [6.07, 6.45) is 2.32. The summed E-state index contributed by atoms with van der Waals surface area (Å²) in [5.41, 5.74) is 0.469. The molecule has 2 nitrogen and oxygen atoms in total. The molecule has 0 aliphatic carbocycles. The maximum Gasteiger partial charge on any atom is 0.195 e. The second-order valence-electron chi connectivity index (χ2n) is 4.36. The SMILES string of the molecule is O=C(c1cncc(F)c1)c1ccc(F)c2ccccc12. The third-order valence-corrected chi connectivity index (χ3v) is 3.08. The van der Waals surface area contributed by atoms with Crippen LogP contribution in [0.2, 0.25) is 0 Å². The molecule has 0 N–H and O–H groups in total. The molecule has 0 amide bonds. The smallest absolute Gasteiger partial charge is 0.195 e. The molecule has 0 atom stereocenters. The summed E-state index contributed by atoms with van der Waals surface area (Å²) in [7, 11) is 0. The lowest BCUT2D eigenvalue weighted by molar-refractivity contribution is 0.103. The quantitative estimate of drug-likeness (QED) is 0.663. The van der Waals surface area contributed by atoms with Crippen molar-refractivity contribution in [3.05, 3.63) is 77.6 Å². The molecule has 0 spiro atoms. The van der Waals surface area contributed by atoms with Gasteiger partial charge >= 0.3 is 0 Å². The maximum atomic E-state index is 13.7.